The molecule has 0 saturated heterocycles. The summed E-state index contributed by atoms with van der Waals surface area (Å²) in [5, 5.41) is 2.29. The number of benzene rings is 2. The lowest BCUT2D eigenvalue weighted by Crippen LogP contribution is -2.09. The lowest BCUT2D eigenvalue weighted by molar-refractivity contribution is -0.146. The monoisotopic (exact) mass is 398 g/mol. The van der Waals surface area contributed by atoms with Crippen molar-refractivity contribution < 1.29 is 19.1 Å². The van der Waals surface area contributed by atoms with Crippen molar-refractivity contribution in [3.05, 3.63) is 48.0 Å². The number of hydrogen-bond acceptors (Lipinski definition) is 4. The molecule has 0 radical (unpaired) electrons. The fourth-order valence-electron chi connectivity index (χ4n) is 3.26. The number of carbonyl (C=O) groups excluding carboxylic acids is 2. The molecule has 0 bridgehead atoms. The zero-order chi connectivity index (χ0) is 20.7. The molecular weight excluding hydrogens is 364 g/mol. The van der Waals surface area contributed by atoms with Crippen LogP contribution in [0, 0.1) is 0 Å². The Labute approximate surface area is 174 Å². The van der Waals surface area contributed by atoms with Crippen LogP contribution in [-0.2, 0) is 25.7 Å². The molecule has 0 aliphatic carbocycles. The van der Waals surface area contributed by atoms with Gasteiger partial charge in [-0.3, -0.25) is 9.59 Å². The molecule has 2 rings (SSSR count). The summed E-state index contributed by atoms with van der Waals surface area (Å²) >= 11 is 0. The van der Waals surface area contributed by atoms with Crippen molar-refractivity contribution in [3.63, 3.8) is 0 Å². The first-order chi connectivity index (χ1) is 14.2. The van der Waals surface area contributed by atoms with Gasteiger partial charge >= 0.3 is 11.9 Å². The molecular formula is C25H34O4. The number of rotatable bonds is 14. The minimum Gasteiger partial charge on any atom is -0.466 e. The lowest BCUT2D eigenvalue weighted by atomic mass is 10.1. The van der Waals surface area contributed by atoms with Crippen LogP contribution in [0.15, 0.2) is 42.5 Å². The summed E-state index contributed by atoms with van der Waals surface area (Å²) in [6.07, 6.45) is 9.34. The summed E-state index contributed by atoms with van der Waals surface area (Å²) in [5.74, 6) is -0.503. The van der Waals surface area contributed by atoms with Crippen molar-refractivity contribution in [2.45, 2.75) is 77.7 Å². The largest absolute Gasteiger partial charge is 0.466 e. The highest BCUT2D eigenvalue weighted by atomic mass is 16.5. The summed E-state index contributed by atoms with van der Waals surface area (Å²) in [5.41, 5.74) is 0.964. The highest BCUT2D eigenvalue weighted by Crippen LogP contribution is 2.16. The van der Waals surface area contributed by atoms with Gasteiger partial charge < -0.3 is 9.47 Å². The molecule has 0 aliphatic heterocycles. The average Bonchev–Trinajstić information content (AvgIpc) is 2.74. The number of esters is 2. The van der Waals surface area contributed by atoms with Crippen LogP contribution in [0.4, 0.5) is 0 Å². The third-order valence-corrected chi connectivity index (χ3v) is 4.99. The van der Waals surface area contributed by atoms with Crippen molar-refractivity contribution in [2.75, 3.05) is 6.61 Å². The van der Waals surface area contributed by atoms with E-state index in [-0.39, 0.29) is 31.4 Å². The Bertz CT molecular complexity index is 753. The fourth-order valence-corrected chi connectivity index (χ4v) is 3.26. The maximum atomic E-state index is 11.9. The van der Waals surface area contributed by atoms with Crippen molar-refractivity contribution in [1.82, 2.24) is 0 Å². The van der Waals surface area contributed by atoms with Gasteiger partial charge in [0, 0.05) is 12.8 Å². The van der Waals surface area contributed by atoms with Crippen molar-refractivity contribution in [1.29, 1.82) is 0 Å². The predicted octanol–water partition coefficient (Wildman–Crippen LogP) is 6.35. The van der Waals surface area contributed by atoms with Crippen LogP contribution >= 0.6 is 0 Å². The van der Waals surface area contributed by atoms with Crippen LogP contribution in [0.2, 0.25) is 0 Å². The van der Waals surface area contributed by atoms with E-state index >= 15 is 0 Å². The Hall–Kier alpha value is -2.36. The molecule has 0 N–H and O–H groups in total. The molecule has 2 aromatic rings. The van der Waals surface area contributed by atoms with E-state index in [0.29, 0.717) is 13.0 Å². The van der Waals surface area contributed by atoms with Crippen molar-refractivity contribution >= 4 is 22.7 Å². The average molecular weight is 399 g/mol. The van der Waals surface area contributed by atoms with Gasteiger partial charge in [-0.15, -0.1) is 0 Å². The number of ether oxygens (including phenoxy) is 2. The lowest BCUT2D eigenvalue weighted by Gasteiger charge is -2.07. The first-order valence-electron chi connectivity index (χ1n) is 11.0. The fraction of sp³-hybridized carbons (Fsp3) is 0.520. The molecule has 0 saturated carbocycles. The van der Waals surface area contributed by atoms with Crippen LogP contribution in [0.1, 0.15) is 76.7 Å². The Morgan fingerprint density at radius 3 is 2.14 bits per heavy atom. The van der Waals surface area contributed by atoms with E-state index in [1.54, 1.807) is 0 Å². The van der Waals surface area contributed by atoms with Crippen LogP contribution < -0.4 is 0 Å². The van der Waals surface area contributed by atoms with E-state index in [0.717, 1.165) is 29.2 Å². The van der Waals surface area contributed by atoms with E-state index in [1.165, 1.54) is 32.1 Å². The second-order valence-electron chi connectivity index (χ2n) is 7.54. The molecule has 29 heavy (non-hydrogen) atoms. The molecule has 158 valence electrons. The first kappa shape index (κ1) is 22.9. The summed E-state index contributed by atoms with van der Waals surface area (Å²) in [6.45, 7) is 2.95. The van der Waals surface area contributed by atoms with Gasteiger partial charge in [0.15, 0.2) is 0 Å². The van der Waals surface area contributed by atoms with E-state index < -0.39 is 0 Å². The molecule has 2 aromatic carbocycles. The van der Waals surface area contributed by atoms with Gasteiger partial charge in [0.25, 0.3) is 0 Å². The topological polar surface area (TPSA) is 52.6 Å². The molecule has 4 nitrogen and oxygen atoms in total. The Kier molecular flexibility index (Phi) is 10.9. The molecule has 0 aromatic heterocycles. The highest BCUT2D eigenvalue weighted by molar-refractivity contribution is 5.83. The van der Waals surface area contributed by atoms with E-state index in [9.17, 15) is 9.59 Å². The number of hydrogen-bond donors (Lipinski definition) is 0. The maximum Gasteiger partial charge on any atom is 0.306 e. The summed E-state index contributed by atoms with van der Waals surface area (Å²) in [7, 11) is 0. The molecule has 0 amide bonds. The van der Waals surface area contributed by atoms with Crippen molar-refractivity contribution in [3.8, 4) is 0 Å². The minimum absolute atomic E-state index is 0.224. The molecule has 0 spiro atoms. The molecule has 0 aliphatic rings. The molecule has 0 atom stereocenters. The van der Waals surface area contributed by atoms with E-state index in [2.05, 4.69) is 13.0 Å². The number of carbonyl (C=O) groups is 2. The van der Waals surface area contributed by atoms with Gasteiger partial charge in [0.2, 0.25) is 0 Å². The minimum atomic E-state index is -0.280. The third-order valence-electron chi connectivity index (χ3n) is 4.99. The molecule has 0 unspecified atom stereocenters. The molecule has 4 heteroatoms. The van der Waals surface area contributed by atoms with Gasteiger partial charge in [-0.05, 0) is 35.2 Å². The number of fused-ring (bicyclic) bond motifs is 1. The van der Waals surface area contributed by atoms with Crippen LogP contribution in [0.3, 0.4) is 0 Å². The second kappa shape index (κ2) is 13.8. The highest BCUT2D eigenvalue weighted by Gasteiger charge is 2.08. The zero-order valence-corrected chi connectivity index (χ0v) is 17.7. The van der Waals surface area contributed by atoms with Gasteiger partial charge in [-0.25, -0.2) is 0 Å². The van der Waals surface area contributed by atoms with Crippen LogP contribution in [0.5, 0.6) is 0 Å². The molecule has 0 fully saturated rings. The maximum absolute atomic E-state index is 11.9. The Morgan fingerprint density at radius 2 is 1.38 bits per heavy atom. The normalized spacial score (nSPS) is 10.8. The second-order valence-corrected chi connectivity index (χ2v) is 7.54. The smallest absolute Gasteiger partial charge is 0.306 e. The van der Waals surface area contributed by atoms with E-state index in [4.69, 9.17) is 9.47 Å². The Morgan fingerprint density at radius 1 is 0.724 bits per heavy atom. The summed E-state index contributed by atoms with van der Waals surface area (Å²) in [4.78, 5) is 23.6. The summed E-state index contributed by atoms with van der Waals surface area (Å²) in [6, 6.07) is 14.1. The molecule has 0 heterocycles. The van der Waals surface area contributed by atoms with E-state index in [1.807, 2.05) is 36.4 Å². The van der Waals surface area contributed by atoms with Crippen LogP contribution in [0.25, 0.3) is 10.8 Å². The van der Waals surface area contributed by atoms with Gasteiger partial charge in [0.05, 0.1) is 6.61 Å². The van der Waals surface area contributed by atoms with Gasteiger partial charge in [-0.2, -0.15) is 0 Å². The number of unbranched alkanes of at least 4 members (excludes halogenated alkanes) is 6. The third kappa shape index (κ3) is 9.60. The first-order valence-corrected chi connectivity index (χ1v) is 11.0. The zero-order valence-electron chi connectivity index (χ0n) is 17.7. The quantitative estimate of drug-likeness (QED) is 0.275. The van der Waals surface area contributed by atoms with Crippen LogP contribution in [-0.4, -0.2) is 18.5 Å². The van der Waals surface area contributed by atoms with Crippen molar-refractivity contribution in [2.24, 2.45) is 0 Å². The predicted molar refractivity (Wildman–Crippen MR) is 117 cm³/mol. The van der Waals surface area contributed by atoms with Gasteiger partial charge in [0.1, 0.15) is 6.61 Å². The SMILES string of the molecule is CCCCCCCCCOC(=O)CCCC(=O)OCc1ccc2ccccc2c1. The standard InChI is InChI=1S/C25H34O4/c1-2-3-4-5-6-7-10-18-28-24(26)14-11-15-25(27)29-20-21-16-17-22-12-8-9-13-23(22)19-21/h8-9,12-13,16-17,19H,2-7,10-11,14-15,18,20H2,1H3. The Balaban J connectivity index is 1.51. The van der Waals surface area contributed by atoms with Gasteiger partial charge in [-0.1, -0.05) is 81.8 Å². The summed E-state index contributed by atoms with van der Waals surface area (Å²) < 4.78 is 10.6.